The van der Waals surface area contributed by atoms with Crippen LogP contribution in [0.15, 0.2) is 36.4 Å². The number of phenolic OH excluding ortho intramolecular Hbond substituents is 1. The quantitative estimate of drug-likeness (QED) is 0.659. The van der Waals surface area contributed by atoms with Gasteiger partial charge < -0.3 is 20.6 Å². The van der Waals surface area contributed by atoms with Crippen LogP contribution in [0.1, 0.15) is 16.8 Å². The van der Waals surface area contributed by atoms with Crippen molar-refractivity contribution in [2.75, 3.05) is 6.54 Å². The average molecular weight is 289 g/mol. The Bertz CT molecular complexity index is 683. The van der Waals surface area contributed by atoms with Crippen LogP contribution in [0.25, 0.3) is 10.8 Å². The Morgan fingerprint density at radius 2 is 1.86 bits per heavy atom. The standard InChI is InChI=1S/C15H15NO5/c17-12(15(20)21)7-8-16-14(19)11-6-5-9-3-1-2-4-10(9)13(11)18/h1-6,12,17-18H,7-8H2,(H,16,19)(H,20,21)/t12-/m0/s1. The Morgan fingerprint density at radius 1 is 1.14 bits per heavy atom. The molecule has 1 atom stereocenters. The smallest absolute Gasteiger partial charge is 0.332 e. The summed E-state index contributed by atoms with van der Waals surface area (Å²) in [6.07, 6.45) is -1.62. The molecule has 0 aliphatic rings. The van der Waals surface area contributed by atoms with Crippen LogP contribution in [-0.2, 0) is 4.79 Å². The molecule has 0 aliphatic heterocycles. The number of aliphatic carboxylic acids is 1. The minimum Gasteiger partial charge on any atom is -0.506 e. The van der Waals surface area contributed by atoms with Gasteiger partial charge in [0.1, 0.15) is 5.75 Å². The number of aromatic hydroxyl groups is 1. The van der Waals surface area contributed by atoms with Gasteiger partial charge in [0, 0.05) is 18.4 Å². The van der Waals surface area contributed by atoms with Crippen LogP contribution >= 0.6 is 0 Å². The van der Waals surface area contributed by atoms with E-state index in [1.54, 1.807) is 18.2 Å². The highest BCUT2D eigenvalue weighted by atomic mass is 16.4. The Labute approximate surface area is 120 Å². The normalized spacial score (nSPS) is 12.0. The van der Waals surface area contributed by atoms with Crippen LogP contribution in [0.5, 0.6) is 5.75 Å². The monoisotopic (exact) mass is 289 g/mol. The van der Waals surface area contributed by atoms with Crippen molar-refractivity contribution in [3.05, 3.63) is 42.0 Å². The number of benzene rings is 2. The van der Waals surface area contributed by atoms with Crippen LogP contribution in [0.3, 0.4) is 0 Å². The molecule has 0 saturated carbocycles. The lowest BCUT2D eigenvalue weighted by Gasteiger charge is -2.10. The fourth-order valence-corrected chi connectivity index (χ4v) is 1.98. The van der Waals surface area contributed by atoms with Gasteiger partial charge in [-0.25, -0.2) is 4.79 Å². The number of phenols is 1. The number of rotatable bonds is 5. The Balaban J connectivity index is 2.09. The number of hydrogen-bond donors (Lipinski definition) is 4. The molecule has 6 nitrogen and oxygen atoms in total. The number of carboxylic acids is 1. The van der Waals surface area contributed by atoms with Gasteiger partial charge in [0.2, 0.25) is 0 Å². The summed E-state index contributed by atoms with van der Waals surface area (Å²) in [6, 6.07) is 10.3. The lowest BCUT2D eigenvalue weighted by atomic mass is 10.0. The SMILES string of the molecule is O=C(NCC[C@H](O)C(=O)O)c1ccc2ccccc2c1O. The van der Waals surface area contributed by atoms with Crippen LogP contribution in [0.2, 0.25) is 0 Å². The number of carbonyl (C=O) groups excluding carboxylic acids is 1. The zero-order valence-corrected chi connectivity index (χ0v) is 11.1. The van der Waals surface area contributed by atoms with Gasteiger partial charge in [-0.15, -0.1) is 0 Å². The van der Waals surface area contributed by atoms with E-state index in [0.717, 1.165) is 5.39 Å². The highest BCUT2D eigenvalue weighted by molar-refractivity contribution is 6.03. The number of amides is 1. The second-order valence-electron chi connectivity index (χ2n) is 4.58. The summed E-state index contributed by atoms with van der Waals surface area (Å²) in [7, 11) is 0. The van der Waals surface area contributed by atoms with E-state index in [2.05, 4.69) is 5.32 Å². The Kier molecular flexibility index (Phi) is 4.39. The average Bonchev–Trinajstić information content (AvgIpc) is 2.47. The topological polar surface area (TPSA) is 107 Å². The van der Waals surface area contributed by atoms with Gasteiger partial charge in [0.05, 0.1) is 5.56 Å². The fourth-order valence-electron chi connectivity index (χ4n) is 1.98. The highest BCUT2D eigenvalue weighted by Crippen LogP contribution is 2.28. The molecule has 0 spiro atoms. The fraction of sp³-hybridized carbons (Fsp3) is 0.200. The number of aliphatic hydroxyl groups is 1. The molecule has 0 saturated heterocycles. The van der Waals surface area contributed by atoms with Crippen molar-refractivity contribution in [3.8, 4) is 5.75 Å². The second-order valence-corrected chi connectivity index (χ2v) is 4.58. The van der Waals surface area contributed by atoms with Gasteiger partial charge >= 0.3 is 5.97 Å². The highest BCUT2D eigenvalue weighted by Gasteiger charge is 2.16. The number of carbonyl (C=O) groups is 2. The summed E-state index contributed by atoms with van der Waals surface area (Å²) in [4.78, 5) is 22.4. The molecule has 110 valence electrons. The van der Waals surface area contributed by atoms with Crippen molar-refractivity contribution in [1.29, 1.82) is 0 Å². The second kappa shape index (κ2) is 6.23. The van der Waals surface area contributed by atoms with Crippen molar-refractivity contribution in [2.45, 2.75) is 12.5 Å². The largest absolute Gasteiger partial charge is 0.506 e. The molecule has 0 heterocycles. The summed E-state index contributed by atoms with van der Waals surface area (Å²) in [5.74, 6) is -1.97. The third-order valence-corrected chi connectivity index (χ3v) is 3.13. The predicted molar refractivity (Wildman–Crippen MR) is 76.2 cm³/mol. The summed E-state index contributed by atoms with van der Waals surface area (Å²) in [5, 5.41) is 31.6. The zero-order chi connectivity index (χ0) is 15.4. The van der Waals surface area contributed by atoms with E-state index in [1.165, 1.54) is 6.07 Å². The molecule has 4 N–H and O–H groups in total. The minimum atomic E-state index is -1.52. The zero-order valence-electron chi connectivity index (χ0n) is 11.1. The predicted octanol–water partition coefficient (Wildman–Crippen LogP) is 1.11. The summed E-state index contributed by atoms with van der Waals surface area (Å²) < 4.78 is 0. The first kappa shape index (κ1) is 14.8. The molecular weight excluding hydrogens is 274 g/mol. The molecule has 0 fully saturated rings. The third kappa shape index (κ3) is 3.29. The minimum absolute atomic E-state index is 0.00142. The molecule has 2 aromatic carbocycles. The van der Waals surface area contributed by atoms with E-state index < -0.39 is 18.0 Å². The molecule has 0 bridgehead atoms. The first-order valence-electron chi connectivity index (χ1n) is 6.40. The lowest BCUT2D eigenvalue weighted by Crippen LogP contribution is -2.30. The molecule has 0 aromatic heterocycles. The van der Waals surface area contributed by atoms with Gasteiger partial charge in [-0.2, -0.15) is 0 Å². The van der Waals surface area contributed by atoms with Crippen LogP contribution in [0, 0.1) is 0 Å². The van der Waals surface area contributed by atoms with Crippen molar-refractivity contribution in [3.63, 3.8) is 0 Å². The maximum Gasteiger partial charge on any atom is 0.332 e. The Hall–Kier alpha value is -2.60. The molecule has 6 heteroatoms. The number of nitrogens with one attached hydrogen (secondary N) is 1. The number of hydrogen-bond acceptors (Lipinski definition) is 4. The van der Waals surface area contributed by atoms with Gasteiger partial charge in [0.15, 0.2) is 6.10 Å². The van der Waals surface area contributed by atoms with E-state index in [0.29, 0.717) is 5.39 Å². The molecule has 0 aliphatic carbocycles. The molecule has 2 rings (SSSR count). The number of aliphatic hydroxyl groups excluding tert-OH is 1. The van der Waals surface area contributed by atoms with E-state index in [-0.39, 0.29) is 24.3 Å². The maximum absolute atomic E-state index is 12.0. The van der Waals surface area contributed by atoms with Crippen LogP contribution in [-0.4, -0.2) is 39.8 Å². The summed E-state index contributed by atoms with van der Waals surface area (Å²) in [6.45, 7) is -0.00142. The molecule has 0 radical (unpaired) electrons. The van der Waals surface area contributed by atoms with E-state index in [9.17, 15) is 14.7 Å². The molecule has 21 heavy (non-hydrogen) atoms. The summed E-state index contributed by atoms with van der Waals surface area (Å²) >= 11 is 0. The number of carboxylic acid groups (broad SMARTS) is 1. The molecule has 1 amide bonds. The van der Waals surface area contributed by atoms with Gasteiger partial charge in [-0.1, -0.05) is 30.3 Å². The summed E-state index contributed by atoms with van der Waals surface area (Å²) in [5.41, 5.74) is 0.110. The van der Waals surface area contributed by atoms with Crippen molar-refractivity contribution in [2.24, 2.45) is 0 Å². The van der Waals surface area contributed by atoms with Crippen LogP contribution in [0.4, 0.5) is 0 Å². The van der Waals surface area contributed by atoms with E-state index >= 15 is 0 Å². The van der Waals surface area contributed by atoms with Gasteiger partial charge in [-0.05, 0) is 11.5 Å². The lowest BCUT2D eigenvalue weighted by molar-refractivity contribution is -0.146. The van der Waals surface area contributed by atoms with E-state index in [4.69, 9.17) is 10.2 Å². The molecule has 0 unspecified atom stereocenters. The Morgan fingerprint density at radius 3 is 2.57 bits per heavy atom. The first-order chi connectivity index (χ1) is 10.0. The van der Waals surface area contributed by atoms with Crippen molar-refractivity contribution < 1.29 is 24.9 Å². The number of fused-ring (bicyclic) bond motifs is 1. The molecule has 2 aromatic rings. The van der Waals surface area contributed by atoms with Crippen molar-refractivity contribution in [1.82, 2.24) is 5.32 Å². The first-order valence-corrected chi connectivity index (χ1v) is 6.40. The third-order valence-electron chi connectivity index (χ3n) is 3.13. The van der Waals surface area contributed by atoms with Crippen LogP contribution < -0.4 is 5.32 Å². The van der Waals surface area contributed by atoms with Crippen molar-refractivity contribution >= 4 is 22.6 Å². The van der Waals surface area contributed by atoms with Gasteiger partial charge in [0.25, 0.3) is 5.91 Å². The maximum atomic E-state index is 12.0. The molecular formula is C15H15NO5. The van der Waals surface area contributed by atoms with E-state index in [1.807, 2.05) is 12.1 Å². The van der Waals surface area contributed by atoms with Gasteiger partial charge in [-0.3, -0.25) is 4.79 Å².